The fourth-order valence-electron chi connectivity index (χ4n) is 2.97. The summed E-state index contributed by atoms with van der Waals surface area (Å²) in [5.74, 6) is -0.240. The van der Waals surface area contributed by atoms with E-state index in [-0.39, 0.29) is 0 Å². The van der Waals surface area contributed by atoms with Crippen LogP contribution in [0.4, 0.5) is 0 Å². The van der Waals surface area contributed by atoms with E-state index < -0.39 is 13.0 Å². The van der Waals surface area contributed by atoms with Gasteiger partial charge in [-0.3, -0.25) is 0 Å². The molecule has 0 saturated carbocycles. The maximum Gasteiger partial charge on any atom is 0.174 e. The van der Waals surface area contributed by atoms with Crippen molar-refractivity contribution in [1.29, 1.82) is 0 Å². The van der Waals surface area contributed by atoms with Crippen molar-refractivity contribution in [3.8, 4) is 11.5 Å². The largest absolute Gasteiger partial charge is 0.497 e. The minimum Gasteiger partial charge on any atom is -0.497 e. The zero-order valence-electron chi connectivity index (χ0n) is 14.7. The summed E-state index contributed by atoms with van der Waals surface area (Å²) in [6, 6.07) is 23.2. The quantitative estimate of drug-likeness (QED) is 0.674. The summed E-state index contributed by atoms with van der Waals surface area (Å²) in [5, 5.41) is 12.5. The van der Waals surface area contributed by atoms with Gasteiger partial charge in [0, 0.05) is 16.2 Å². The highest BCUT2D eigenvalue weighted by Crippen LogP contribution is 2.57. The minimum absolute atomic E-state index is 0.433. The Bertz CT molecular complexity index is 866. The predicted octanol–water partition coefficient (Wildman–Crippen LogP) is 3.71. The van der Waals surface area contributed by atoms with Gasteiger partial charge in [-0.15, -0.1) is 0 Å². The molecule has 0 bridgehead atoms. The molecular weight excluding hydrogens is 347 g/mol. The van der Waals surface area contributed by atoms with Gasteiger partial charge in [0.25, 0.3) is 0 Å². The van der Waals surface area contributed by atoms with Gasteiger partial charge in [0.05, 0.1) is 14.2 Å². The molecule has 3 rings (SSSR count). The third-order valence-electron chi connectivity index (χ3n) is 4.34. The van der Waals surface area contributed by atoms with Crippen LogP contribution in [0.25, 0.3) is 0 Å². The van der Waals surface area contributed by atoms with Gasteiger partial charge in [0.15, 0.2) is 7.14 Å². The number of hydrogen-bond donors (Lipinski definition) is 1. The molecule has 0 aliphatic carbocycles. The lowest BCUT2D eigenvalue weighted by Gasteiger charge is -2.26. The highest BCUT2D eigenvalue weighted by Gasteiger charge is 2.38. The average molecular weight is 368 g/mol. The molecule has 3 aromatic rings. The Kier molecular flexibility index (Phi) is 5.46. The van der Waals surface area contributed by atoms with Crippen LogP contribution in [-0.4, -0.2) is 19.3 Å². The van der Waals surface area contributed by atoms with Crippen molar-refractivity contribution in [2.45, 2.75) is 5.85 Å². The van der Waals surface area contributed by atoms with Crippen molar-refractivity contribution >= 4 is 17.8 Å². The van der Waals surface area contributed by atoms with Gasteiger partial charge in [0.1, 0.15) is 17.3 Å². The van der Waals surface area contributed by atoms with E-state index in [1.165, 1.54) is 7.11 Å². The van der Waals surface area contributed by atoms with Crippen molar-refractivity contribution in [2.24, 2.45) is 0 Å². The highest BCUT2D eigenvalue weighted by atomic mass is 31.2. The number of aliphatic hydroxyl groups excluding tert-OH is 1. The molecule has 0 unspecified atom stereocenters. The Morgan fingerprint density at radius 1 is 0.808 bits per heavy atom. The fourth-order valence-corrected chi connectivity index (χ4v) is 5.65. The van der Waals surface area contributed by atoms with Crippen LogP contribution >= 0.6 is 7.14 Å². The molecule has 0 aliphatic heterocycles. The molecule has 0 heterocycles. The summed E-state index contributed by atoms with van der Waals surface area (Å²) in [6.07, 6.45) is 0. The number of benzene rings is 3. The van der Waals surface area contributed by atoms with Crippen molar-refractivity contribution in [3.05, 3.63) is 84.4 Å². The van der Waals surface area contributed by atoms with Crippen molar-refractivity contribution in [2.75, 3.05) is 14.2 Å². The van der Waals surface area contributed by atoms with Crippen LogP contribution in [0.15, 0.2) is 78.9 Å². The summed E-state index contributed by atoms with van der Waals surface area (Å²) in [5.41, 5.74) is 0.433. The van der Waals surface area contributed by atoms with Crippen molar-refractivity contribution in [1.82, 2.24) is 0 Å². The second kappa shape index (κ2) is 7.77. The second-order valence-electron chi connectivity index (χ2n) is 5.81. The first-order valence-corrected chi connectivity index (χ1v) is 9.99. The molecule has 3 aromatic carbocycles. The van der Waals surface area contributed by atoms with Gasteiger partial charge in [-0.1, -0.05) is 60.7 Å². The van der Waals surface area contributed by atoms with Gasteiger partial charge in [0.2, 0.25) is 0 Å². The normalized spacial score (nSPS) is 12.4. The molecule has 0 spiro atoms. The zero-order chi connectivity index (χ0) is 18.6. The van der Waals surface area contributed by atoms with Crippen LogP contribution in [0.1, 0.15) is 11.4 Å². The Morgan fingerprint density at radius 2 is 1.35 bits per heavy atom. The lowest BCUT2D eigenvalue weighted by Crippen LogP contribution is -2.21. The first kappa shape index (κ1) is 18.2. The molecule has 0 amide bonds. The molecule has 26 heavy (non-hydrogen) atoms. The van der Waals surface area contributed by atoms with Gasteiger partial charge >= 0.3 is 0 Å². The molecule has 0 aliphatic rings. The topological polar surface area (TPSA) is 55.8 Å². The number of ether oxygens (including phenoxy) is 2. The molecule has 134 valence electrons. The van der Waals surface area contributed by atoms with Crippen LogP contribution in [-0.2, 0) is 4.57 Å². The minimum atomic E-state index is -3.39. The van der Waals surface area contributed by atoms with Gasteiger partial charge in [-0.2, -0.15) is 0 Å². The summed E-state index contributed by atoms with van der Waals surface area (Å²) in [4.78, 5) is 0. The molecule has 1 N–H and O–H groups in total. The summed E-state index contributed by atoms with van der Waals surface area (Å²) in [7, 11) is -0.318. The number of hydrogen-bond acceptors (Lipinski definition) is 4. The Balaban J connectivity index is 2.22. The van der Waals surface area contributed by atoms with E-state index in [1.807, 2.05) is 36.4 Å². The first-order valence-electron chi connectivity index (χ1n) is 8.22. The third-order valence-corrected chi connectivity index (χ3v) is 7.44. The standard InChI is InChI=1S/C21H21O4P/c1-24-16-13-14-20(25-2)19(15-16)21(22)26(23,17-9-5-3-6-10-17)18-11-7-4-8-12-18/h3-15,21-22H,1-2H3/t21-/m0/s1. The monoisotopic (exact) mass is 368 g/mol. The first-order chi connectivity index (χ1) is 12.6. The molecule has 0 aromatic heterocycles. The number of methoxy groups -OCH3 is 2. The maximum absolute atomic E-state index is 14.2. The molecule has 1 atom stereocenters. The molecular formula is C21H21O4P. The van der Waals surface area contributed by atoms with Crippen molar-refractivity contribution in [3.63, 3.8) is 0 Å². The average Bonchev–Trinajstić information content (AvgIpc) is 2.73. The van der Waals surface area contributed by atoms with E-state index >= 15 is 0 Å². The van der Waals surface area contributed by atoms with E-state index in [0.29, 0.717) is 27.7 Å². The van der Waals surface area contributed by atoms with Crippen LogP contribution in [0, 0.1) is 0 Å². The van der Waals surface area contributed by atoms with E-state index in [1.54, 1.807) is 49.6 Å². The SMILES string of the molecule is COc1ccc(OC)c([C@@H](O)P(=O)(c2ccccc2)c2ccccc2)c1. The third kappa shape index (κ3) is 3.26. The van der Waals surface area contributed by atoms with Gasteiger partial charge < -0.3 is 19.1 Å². The fraction of sp³-hybridized carbons (Fsp3) is 0.143. The lowest BCUT2D eigenvalue weighted by atomic mass is 10.2. The Morgan fingerprint density at radius 3 is 1.81 bits per heavy atom. The van der Waals surface area contributed by atoms with Crippen LogP contribution in [0.5, 0.6) is 11.5 Å². The van der Waals surface area contributed by atoms with Gasteiger partial charge in [-0.25, -0.2) is 0 Å². The van der Waals surface area contributed by atoms with Gasteiger partial charge in [-0.05, 0) is 18.2 Å². The Labute approximate surface area is 153 Å². The highest BCUT2D eigenvalue weighted by molar-refractivity contribution is 7.78. The lowest BCUT2D eigenvalue weighted by molar-refractivity contribution is 0.249. The number of aliphatic hydroxyl groups is 1. The van der Waals surface area contributed by atoms with Crippen LogP contribution in [0.2, 0.25) is 0 Å². The zero-order valence-corrected chi connectivity index (χ0v) is 15.6. The van der Waals surface area contributed by atoms with E-state index in [9.17, 15) is 9.67 Å². The van der Waals surface area contributed by atoms with E-state index in [4.69, 9.17) is 9.47 Å². The smallest absolute Gasteiger partial charge is 0.174 e. The predicted molar refractivity (Wildman–Crippen MR) is 104 cm³/mol. The molecule has 5 heteroatoms. The van der Waals surface area contributed by atoms with Crippen molar-refractivity contribution < 1.29 is 19.1 Å². The Hall–Kier alpha value is -2.55. The summed E-state index contributed by atoms with van der Waals surface area (Å²) >= 11 is 0. The number of rotatable bonds is 6. The molecule has 4 nitrogen and oxygen atoms in total. The van der Waals surface area contributed by atoms with E-state index in [2.05, 4.69) is 0 Å². The second-order valence-corrected chi connectivity index (χ2v) is 8.65. The molecule has 0 radical (unpaired) electrons. The molecule has 0 fully saturated rings. The van der Waals surface area contributed by atoms with Crippen LogP contribution in [0.3, 0.4) is 0 Å². The summed E-state index contributed by atoms with van der Waals surface area (Å²) in [6.45, 7) is 0. The van der Waals surface area contributed by atoms with Crippen LogP contribution < -0.4 is 20.1 Å². The maximum atomic E-state index is 14.2. The van der Waals surface area contributed by atoms with E-state index in [0.717, 1.165) is 0 Å². The summed E-state index contributed by atoms with van der Waals surface area (Å²) < 4.78 is 24.9. The molecule has 0 saturated heterocycles.